The van der Waals surface area contributed by atoms with Crippen molar-refractivity contribution in [3.63, 3.8) is 0 Å². The lowest BCUT2D eigenvalue weighted by molar-refractivity contribution is 0.102. The van der Waals surface area contributed by atoms with Crippen LogP contribution in [-0.2, 0) is 0 Å². The summed E-state index contributed by atoms with van der Waals surface area (Å²) in [6.45, 7) is 1.88. The molecule has 104 valence electrons. The zero-order valence-electron chi connectivity index (χ0n) is 10.7. The van der Waals surface area contributed by atoms with Crippen LogP contribution in [0.3, 0.4) is 0 Å². The second-order valence-corrected chi connectivity index (χ2v) is 5.52. The number of nitrogens with two attached hydrogens (primary N) is 1. The van der Waals surface area contributed by atoms with Crippen molar-refractivity contribution in [1.29, 1.82) is 0 Å². The second kappa shape index (κ2) is 6.26. The number of rotatable bonds is 3. The predicted molar refractivity (Wildman–Crippen MR) is 86.1 cm³/mol. The van der Waals surface area contributed by atoms with E-state index in [1.807, 2.05) is 6.92 Å². The van der Waals surface area contributed by atoms with E-state index < -0.39 is 0 Å². The van der Waals surface area contributed by atoms with Gasteiger partial charge in [0.25, 0.3) is 5.91 Å². The van der Waals surface area contributed by atoms with Crippen LogP contribution in [0.25, 0.3) is 0 Å². The molecule has 0 fully saturated rings. The number of hydrogen-bond donors (Lipinski definition) is 3. The Bertz CT molecular complexity index is 661. The summed E-state index contributed by atoms with van der Waals surface area (Å²) in [7, 11) is 0. The molecule has 0 saturated heterocycles. The number of aryl methyl sites for hydroxylation is 1. The topological polar surface area (TPSA) is 67.2 Å². The Morgan fingerprint density at radius 1 is 1.25 bits per heavy atom. The highest BCUT2D eigenvalue weighted by atomic mass is 79.9. The Morgan fingerprint density at radius 2 is 2.00 bits per heavy atom. The third kappa shape index (κ3) is 3.30. The minimum Gasteiger partial charge on any atom is -0.324 e. The molecule has 4 N–H and O–H groups in total. The molecule has 0 aliphatic rings. The van der Waals surface area contributed by atoms with Crippen LogP contribution in [0.5, 0.6) is 0 Å². The highest BCUT2D eigenvalue weighted by molar-refractivity contribution is 9.10. The van der Waals surface area contributed by atoms with Crippen LogP contribution in [-0.4, -0.2) is 5.91 Å². The number of benzene rings is 2. The van der Waals surface area contributed by atoms with Crippen molar-refractivity contribution in [1.82, 2.24) is 0 Å². The van der Waals surface area contributed by atoms with Gasteiger partial charge in [0.05, 0.1) is 10.7 Å². The van der Waals surface area contributed by atoms with Gasteiger partial charge in [-0.15, -0.1) is 0 Å². The Labute approximate surface area is 130 Å². The molecule has 1 amide bonds. The molecule has 0 aromatic heterocycles. The molecule has 0 aliphatic carbocycles. The van der Waals surface area contributed by atoms with Crippen molar-refractivity contribution < 1.29 is 4.79 Å². The molecule has 0 heterocycles. The maximum atomic E-state index is 12.2. The Morgan fingerprint density at radius 3 is 2.60 bits per heavy atom. The first-order valence-electron chi connectivity index (χ1n) is 5.85. The molecular weight excluding hydrogens is 342 g/mol. The fourth-order valence-electron chi connectivity index (χ4n) is 1.74. The number of halogens is 2. The van der Waals surface area contributed by atoms with Gasteiger partial charge in [-0.1, -0.05) is 11.6 Å². The third-order valence-corrected chi connectivity index (χ3v) is 4.04. The van der Waals surface area contributed by atoms with Gasteiger partial charge >= 0.3 is 0 Å². The van der Waals surface area contributed by atoms with E-state index in [9.17, 15) is 4.79 Å². The van der Waals surface area contributed by atoms with E-state index in [0.717, 1.165) is 15.7 Å². The van der Waals surface area contributed by atoms with Gasteiger partial charge in [-0.2, -0.15) is 0 Å². The smallest absolute Gasteiger partial charge is 0.255 e. The van der Waals surface area contributed by atoms with E-state index in [1.54, 1.807) is 36.4 Å². The summed E-state index contributed by atoms with van der Waals surface area (Å²) in [5.41, 5.74) is 5.49. The zero-order valence-corrected chi connectivity index (χ0v) is 13.0. The molecule has 0 saturated carbocycles. The normalized spacial score (nSPS) is 10.2. The highest BCUT2D eigenvalue weighted by Gasteiger charge is 2.08. The largest absolute Gasteiger partial charge is 0.324 e. The minimum absolute atomic E-state index is 0.189. The van der Waals surface area contributed by atoms with Crippen LogP contribution in [0, 0.1) is 6.92 Å². The molecule has 0 atom stereocenters. The lowest BCUT2D eigenvalue weighted by Gasteiger charge is -2.09. The van der Waals surface area contributed by atoms with Crippen molar-refractivity contribution in [2.24, 2.45) is 5.84 Å². The van der Waals surface area contributed by atoms with Gasteiger partial charge < -0.3 is 10.7 Å². The number of nitrogens with one attached hydrogen (secondary N) is 2. The lowest BCUT2D eigenvalue weighted by Crippen LogP contribution is -2.13. The van der Waals surface area contributed by atoms with Gasteiger partial charge in [0, 0.05) is 15.7 Å². The number of carbonyl (C=O) groups excluding carboxylic acids is 1. The molecule has 2 aromatic carbocycles. The number of carbonyl (C=O) groups is 1. The zero-order chi connectivity index (χ0) is 14.7. The minimum atomic E-state index is -0.189. The summed E-state index contributed by atoms with van der Waals surface area (Å²) in [4.78, 5) is 12.2. The average molecular weight is 355 g/mol. The first-order valence-corrected chi connectivity index (χ1v) is 7.02. The summed E-state index contributed by atoms with van der Waals surface area (Å²) in [5, 5.41) is 3.41. The van der Waals surface area contributed by atoms with E-state index in [4.69, 9.17) is 17.4 Å². The first-order chi connectivity index (χ1) is 9.51. The highest BCUT2D eigenvalue weighted by Crippen LogP contribution is 2.26. The molecule has 20 heavy (non-hydrogen) atoms. The van der Waals surface area contributed by atoms with Gasteiger partial charge in [-0.3, -0.25) is 10.6 Å². The monoisotopic (exact) mass is 353 g/mol. The van der Waals surface area contributed by atoms with Gasteiger partial charge in [-0.05, 0) is 64.8 Å². The van der Waals surface area contributed by atoms with Gasteiger partial charge in [0.2, 0.25) is 0 Å². The second-order valence-electron chi connectivity index (χ2n) is 4.26. The van der Waals surface area contributed by atoms with Crippen molar-refractivity contribution in [2.45, 2.75) is 6.92 Å². The molecular formula is C14H13BrClN3O. The van der Waals surface area contributed by atoms with Crippen LogP contribution in [0.1, 0.15) is 15.9 Å². The van der Waals surface area contributed by atoms with Crippen molar-refractivity contribution >= 4 is 44.8 Å². The standard InChI is InChI=1S/C14H13BrClN3O/c1-8-6-9(2-5-13(8)19-17)14(20)18-10-3-4-12(16)11(15)7-10/h2-7,19H,17H2,1H3,(H,18,20). The van der Waals surface area contributed by atoms with Crippen LogP contribution >= 0.6 is 27.5 Å². The SMILES string of the molecule is Cc1cc(C(=O)Nc2ccc(Cl)c(Br)c2)ccc1NN. The first kappa shape index (κ1) is 14.8. The van der Waals surface area contributed by atoms with E-state index in [1.165, 1.54) is 0 Å². The Kier molecular flexibility index (Phi) is 4.65. The number of amides is 1. The summed E-state index contributed by atoms with van der Waals surface area (Å²) < 4.78 is 0.732. The van der Waals surface area contributed by atoms with Crippen molar-refractivity contribution in [2.75, 3.05) is 10.7 Å². The van der Waals surface area contributed by atoms with E-state index in [2.05, 4.69) is 26.7 Å². The molecule has 0 aliphatic heterocycles. The van der Waals surface area contributed by atoms with Crippen LogP contribution in [0.4, 0.5) is 11.4 Å². The molecule has 0 radical (unpaired) electrons. The van der Waals surface area contributed by atoms with Crippen LogP contribution in [0.15, 0.2) is 40.9 Å². The van der Waals surface area contributed by atoms with Gasteiger partial charge in [0.15, 0.2) is 0 Å². The lowest BCUT2D eigenvalue weighted by atomic mass is 10.1. The maximum Gasteiger partial charge on any atom is 0.255 e. The van der Waals surface area contributed by atoms with Crippen LogP contribution < -0.4 is 16.6 Å². The number of hydrazine groups is 1. The van der Waals surface area contributed by atoms with Gasteiger partial charge in [0.1, 0.15) is 0 Å². The summed E-state index contributed by atoms with van der Waals surface area (Å²) in [6.07, 6.45) is 0. The van der Waals surface area contributed by atoms with Crippen molar-refractivity contribution in [3.8, 4) is 0 Å². The summed E-state index contributed by atoms with van der Waals surface area (Å²) in [5.74, 6) is 5.17. The molecule has 6 heteroatoms. The van der Waals surface area contributed by atoms with E-state index >= 15 is 0 Å². The van der Waals surface area contributed by atoms with E-state index in [0.29, 0.717) is 16.3 Å². The summed E-state index contributed by atoms with van der Waals surface area (Å²) >= 11 is 9.23. The van der Waals surface area contributed by atoms with Gasteiger partial charge in [-0.25, -0.2) is 0 Å². The van der Waals surface area contributed by atoms with Crippen molar-refractivity contribution in [3.05, 3.63) is 57.0 Å². The number of hydrogen-bond acceptors (Lipinski definition) is 3. The fraction of sp³-hybridized carbons (Fsp3) is 0.0714. The predicted octanol–water partition coefficient (Wildman–Crippen LogP) is 3.95. The molecule has 0 unspecified atom stereocenters. The van der Waals surface area contributed by atoms with E-state index in [-0.39, 0.29) is 5.91 Å². The maximum absolute atomic E-state index is 12.2. The molecule has 2 rings (SSSR count). The number of nitrogen functional groups attached to an aromatic ring is 1. The summed E-state index contributed by atoms with van der Waals surface area (Å²) in [6, 6.07) is 10.5. The molecule has 0 spiro atoms. The third-order valence-electron chi connectivity index (χ3n) is 2.82. The number of anilines is 2. The van der Waals surface area contributed by atoms with Crippen LogP contribution in [0.2, 0.25) is 5.02 Å². The average Bonchev–Trinajstić information content (AvgIpc) is 2.42. The molecule has 4 nitrogen and oxygen atoms in total. The quantitative estimate of drug-likeness (QED) is 0.577. The molecule has 0 bridgehead atoms. The Balaban J connectivity index is 2.19. The fourth-order valence-corrected chi connectivity index (χ4v) is 2.24. The Hall–Kier alpha value is -1.56. The molecule has 2 aromatic rings.